The summed E-state index contributed by atoms with van der Waals surface area (Å²) in [6.07, 6.45) is 7.22. The van der Waals surface area contributed by atoms with Crippen molar-refractivity contribution >= 4 is 23.4 Å². The highest BCUT2D eigenvalue weighted by Crippen LogP contribution is 2.24. The number of aromatic nitrogens is 5. The Balaban J connectivity index is 1.53. The van der Waals surface area contributed by atoms with Gasteiger partial charge in [-0.15, -0.1) is 10.2 Å². The molecule has 0 atom stereocenters. The number of amides is 1. The maximum Gasteiger partial charge on any atom is 0.234 e. The molecule has 1 N–H and O–H groups in total. The highest BCUT2D eigenvalue weighted by atomic mass is 32.2. The van der Waals surface area contributed by atoms with E-state index in [-0.39, 0.29) is 11.7 Å². The molecule has 0 spiro atoms. The van der Waals surface area contributed by atoms with E-state index in [1.54, 1.807) is 25.6 Å². The molecule has 4 aromatic rings. The Labute approximate surface area is 171 Å². The molecule has 29 heavy (non-hydrogen) atoms. The molecule has 0 radical (unpaired) electrons. The van der Waals surface area contributed by atoms with Crippen LogP contribution in [0.5, 0.6) is 5.75 Å². The summed E-state index contributed by atoms with van der Waals surface area (Å²) in [6.45, 7) is 0. The molecule has 0 fully saturated rings. The molecular formula is C20H18N6O2S. The number of nitrogens with zero attached hydrogens (tertiary/aromatic N) is 5. The third-order valence-electron chi connectivity index (χ3n) is 4.04. The van der Waals surface area contributed by atoms with E-state index in [0.29, 0.717) is 22.4 Å². The Bertz CT molecular complexity index is 1100. The smallest absolute Gasteiger partial charge is 0.234 e. The molecule has 9 heteroatoms. The second-order valence-corrected chi connectivity index (χ2v) is 6.93. The second kappa shape index (κ2) is 8.61. The maximum absolute atomic E-state index is 12.4. The molecule has 1 aromatic carbocycles. The van der Waals surface area contributed by atoms with Gasteiger partial charge in [-0.05, 0) is 36.4 Å². The molecule has 8 nitrogen and oxygen atoms in total. The zero-order chi connectivity index (χ0) is 20.1. The van der Waals surface area contributed by atoms with Crippen molar-refractivity contribution in [3.63, 3.8) is 0 Å². The predicted molar refractivity (Wildman–Crippen MR) is 111 cm³/mol. The lowest BCUT2D eigenvalue weighted by atomic mass is 10.3. The molecule has 146 valence electrons. The number of hydrogen-bond acceptors (Lipinski definition) is 6. The number of nitrogens with one attached hydrogen (secondary N) is 1. The van der Waals surface area contributed by atoms with Crippen molar-refractivity contribution in [2.24, 2.45) is 0 Å². The van der Waals surface area contributed by atoms with Crippen LogP contribution in [0.4, 0.5) is 5.69 Å². The highest BCUT2D eigenvalue weighted by molar-refractivity contribution is 7.99. The first-order valence-corrected chi connectivity index (χ1v) is 9.79. The Morgan fingerprint density at radius 2 is 2.00 bits per heavy atom. The SMILES string of the molecule is COc1cccc(NC(=O)CSc2nnc(-c3cccnc3)n2-n2cccc2)c1. The summed E-state index contributed by atoms with van der Waals surface area (Å²) < 4.78 is 8.90. The lowest BCUT2D eigenvalue weighted by Crippen LogP contribution is -2.16. The number of benzene rings is 1. The Morgan fingerprint density at radius 3 is 2.76 bits per heavy atom. The van der Waals surface area contributed by atoms with Gasteiger partial charge in [-0.3, -0.25) is 14.5 Å². The molecule has 0 saturated carbocycles. The Hall–Kier alpha value is -3.59. The summed E-state index contributed by atoms with van der Waals surface area (Å²) in [5, 5.41) is 12.1. The lowest BCUT2D eigenvalue weighted by molar-refractivity contribution is -0.113. The summed E-state index contributed by atoms with van der Waals surface area (Å²) in [6, 6.07) is 14.8. The zero-order valence-corrected chi connectivity index (χ0v) is 16.4. The van der Waals surface area contributed by atoms with E-state index in [1.807, 2.05) is 64.2 Å². The number of hydrogen-bond donors (Lipinski definition) is 1. The number of rotatable bonds is 7. The van der Waals surface area contributed by atoms with E-state index in [4.69, 9.17) is 4.74 Å². The zero-order valence-electron chi connectivity index (χ0n) is 15.6. The third-order valence-corrected chi connectivity index (χ3v) is 4.96. The van der Waals surface area contributed by atoms with E-state index < -0.39 is 0 Å². The van der Waals surface area contributed by atoms with Gasteiger partial charge in [0.1, 0.15) is 5.75 Å². The number of pyridine rings is 1. The number of methoxy groups -OCH3 is 1. The molecule has 0 aliphatic rings. The summed E-state index contributed by atoms with van der Waals surface area (Å²) in [5.41, 5.74) is 1.51. The van der Waals surface area contributed by atoms with Gasteiger partial charge < -0.3 is 10.1 Å². The first-order valence-electron chi connectivity index (χ1n) is 8.81. The van der Waals surface area contributed by atoms with Gasteiger partial charge in [-0.25, -0.2) is 4.68 Å². The standard InChI is InChI=1S/C20H18N6O2S/c1-28-17-8-4-7-16(12-17)22-18(27)14-29-20-24-23-19(15-6-5-9-21-13-15)26(20)25-10-2-3-11-25/h2-13H,14H2,1H3,(H,22,27). The first-order chi connectivity index (χ1) is 14.2. The van der Waals surface area contributed by atoms with Gasteiger partial charge in [0.05, 0.1) is 12.9 Å². The normalized spacial score (nSPS) is 10.7. The van der Waals surface area contributed by atoms with Crippen molar-refractivity contribution in [3.8, 4) is 17.1 Å². The quantitative estimate of drug-likeness (QED) is 0.474. The van der Waals surface area contributed by atoms with Crippen LogP contribution in [-0.2, 0) is 4.79 Å². The largest absolute Gasteiger partial charge is 0.497 e. The minimum atomic E-state index is -0.145. The van der Waals surface area contributed by atoms with Gasteiger partial charge in [0.25, 0.3) is 0 Å². The summed E-state index contributed by atoms with van der Waals surface area (Å²) in [5.74, 6) is 1.37. The molecular weight excluding hydrogens is 388 g/mol. The summed E-state index contributed by atoms with van der Waals surface area (Å²) in [4.78, 5) is 16.6. The topological polar surface area (TPSA) is 86.9 Å². The average molecular weight is 406 g/mol. The Kier molecular flexibility index (Phi) is 5.57. The maximum atomic E-state index is 12.4. The van der Waals surface area contributed by atoms with Crippen molar-refractivity contribution in [1.29, 1.82) is 0 Å². The molecule has 0 unspecified atom stereocenters. The van der Waals surface area contributed by atoms with Crippen LogP contribution >= 0.6 is 11.8 Å². The van der Waals surface area contributed by atoms with Crippen molar-refractivity contribution in [3.05, 3.63) is 73.3 Å². The number of thioether (sulfide) groups is 1. The second-order valence-electron chi connectivity index (χ2n) is 5.99. The molecule has 0 aliphatic carbocycles. The molecule has 0 bridgehead atoms. The minimum Gasteiger partial charge on any atom is -0.497 e. The van der Waals surface area contributed by atoms with E-state index in [0.717, 1.165) is 5.56 Å². The van der Waals surface area contributed by atoms with Crippen LogP contribution in [0.1, 0.15) is 0 Å². The monoisotopic (exact) mass is 406 g/mol. The highest BCUT2D eigenvalue weighted by Gasteiger charge is 2.17. The number of carbonyl (C=O) groups excluding carboxylic acids is 1. The number of anilines is 1. The van der Waals surface area contributed by atoms with Crippen LogP contribution in [0.25, 0.3) is 11.4 Å². The van der Waals surface area contributed by atoms with Gasteiger partial charge in [0.15, 0.2) is 5.82 Å². The van der Waals surface area contributed by atoms with E-state index in [9.17, 15) is 4.79 Å². The Morgan fingerprint density at radius 1 is 1.14 bits per heavy atom. The fourth-order valence-electron chi connectivity index (χ4n) is 2.73. The summed E-state index contributed by atoms with van der Waals surface area (Å²) >= 11 is 1.30. The van der Waals surface area contributed by atoms with E-state index >= 15 is 0 Å². The van der Waals surface area contributed by atoms with Crippen LogP contribution in [-0.4, -0.2) is 43.3 Å². The molecule has 3 aromatic heterocycles. The van der Waals surface area contributed by atoms with Crippen molar-refractivity contribution < 1.29 is 9.53 Å². The fourth-order valence-corrected chi connectivity index (χ4v) is 3.46. The van der Waals surface area contributed by atoms with E-state index in [1.165, 1.54) is 11.8 Å². The van der Waals surface area contributed by atoms with Crippen LogP contribution in [0.2, 0.25) is 0 Å². The molecule has 0 saturated heterocycles. The van der Waals surface area contributed by atoms with Gasteiger partial charge in [-0.2, -0.15) is 0 Å². The fraction of sp³-hybridized carbons (Fsp3) is 0.100. The number of carbonyl (C=O) groups is 1. The van der Waals surface area contributed by atoms with Gasteiger partial charge >= 0.3 is 0 Å². The molecule has 1 amide bonds. The van der Waals surface area contributed by atoms with Gasteiger partial charge in [0, 0.05) is 42.1 Å². The number of ether oxygens (including phenoxy) is 1. The van der Waals surface area contributed by atoms with E-state index in [2.05, 4.69) is 20.5 Å². The third kappa shape index (κ3) is 4.30. The molecule has 3 heterocycles. The summed E-state index contributed by atoms with van der Waals surface area (Å²) in [7, 11) is 1.59. The average Bonchev–Trinajstić information content (AvgIpc) is 3.42. The lowest BCUT2D eigenvalue weighted by Gasteiger charge is -2.11. The molecule has 4 rings (SSSR count). The van der Waals surface area contributed by atoms with Crippen LogP contribution in [0, 0.1) is 0 Å². The van der Waals surface area contributed by atoms with Crippen LogP contribution < -0.4 is 10.1 Å². The van der Waals surface area contributed by atoms with Crippen LogP contribution in [0.15, 0.2) is 78.5 Å². The minimum absolute atomic E-state index is 0.145. The van der Waals surface area contributed by atoms with Gasteiger partial charge in [-0.1, -0.05) is 17.8 Å². The van der Waals surface area contributed by atoms with Crippen molar-refractivity contribution in [2.45, 2.75) is 5.16 Å². The van der Waals surface area contributed by atoms with Crippen LogP contribution in [0.3, 0.4) is 0 Å². The van der Waals surface area contributed by atoms with Gasteiger partial charge in [0.2, 0.25) is 11.1 Å². The first kappa shape index (κ1) is 18.8. The van der Waals surface area contributed by atoms with Crippen molar-refractivity contribution in [2.75, 3.05) is 18.2 Å². The molecule has 0 aliphatic heterocycles. The predicted octanol–water partition coefficient (Wildman–Crippen LogP) is 3.19. The van der Waals surface area contributed by atoms with Crippen molar-refractivity contribution in [1.82, 2.24) is 24.5 Å².